The second-order valence-corrected chi connectivity index (χ2v) is 5.36. The molecule has 1 saturated heterocycles. The van der Waals surface area contributed by atoms with Gasteiger partial charge in [-0.2, -0.15) is 0 Å². The molecule has 1 aromatic rings. The van der Waals surface area contributed by atoms with E-state index in [1.807, 2.05) is 0 Å². The Bertz CT molecular complexity index is 502. The highest BCUT2D eigenvalue weighted by atomic mass is 35.5. The first-order chi connectivity index (χ1) is 10.2. The fraction of sp³-hybridized carbons (Fsp3) is 0.533. The number of aldehydes is 1. The van der Waals surface area contributed by atoms with Gasteiger partial charge in [0.2, 0.25) is 0 Å². The third-order valence-corrected chi connectivity index (χ3v) is 4.07. The van der Waals surface area contributed by atoms with Crippen molar-refractivity contribution >= 4 is 17.9 Å². The molecule has 0 atom stereocenters. The lowest BCUT2D eigenvalue weighted by Gasteiger charge is -2.27. The Kier molecular flexibility index (Phi) is 5.85. The SMILES string of the molecule is COc1c(C=O)cc(Cl)c(CCN2CCNCC2)c1OC. The van der Waals surface area contributed by atoms with Crippen LogP contribution in [0.1, 0.15) is 15.9 Å². The summed E-state index contributed by atoms with van der Waals surface area (Å²) in [5.74, 6) is 1.01. The Balaban J connectivity index is 2.22. The number of methoxy groups -OCH3 is 2. The van der Waals surface area contributed by atoms with Crippen LogP contribution in [-0.4, -0.2) is 58.1 Å². The van der Waals surface area contributed by atoms with Gasteiger partial charge < -0.3 is 19.7 Å². The average molecular weight is 313 g/mol. The summed E-state index contributed by atoms with van der Waals surface area (Å²) in [6.07, 6.45) is 1.49. The highest BCUT2D eigenvalue weighted by Gasteiger charge is 2.20. The number of nitrogens with one attached hydrogen (secondary N) is 1. The topological polar surface area (TPSA) is 50.8 Å². The van der Waals surface area contributed by atoms with Gasteiger partial charge in [-0.05, 0) is 12.5 Å². The smallest absolute Gasteiger partial charge is 0.171 e. The van der Waals surface area contributed by atoms with Gasteiger partial charge in [0, 0.05) is 43.3 Å². The molecule has 1 aliphatic heterocycles. The second kappa shape index (κ2) is 7.64. The Morgan fingerprint density at radius 2 is 1.95 bits per heavy atom. The fourth-order valence-electron chi connectivity index (χ4n) is 2.62. The molecule has 1 fully saturated rings. The zero-order valence-corrected chi connectivity index (χ0v) is 13.2. The van der Waals surface area contributed by atoms with Gasteiger partial charge in [-0.25, -0.2) is 0 Å². The summed E-state index contributed by atoms with van der Waals surface area (Å²) >= 11 is 6.31. The molecule has 1 heterocycles. The van der Waals surface area contributed by atoms with Gasteiger partial charge in [0.25, 0.3) is 0 Å². The summed E-state index contributed by atoms with van der Waals surface area (Å²) < 4.78 is 10.7. The van der Waals surface area contributed by atoms with Crippen LogP contribution in [0.15, 0.2) is 6.07 Å². The van der Waals surface area contributed by atoms with E-state index in [0.29, 0.717) is 22.1 Å². The monoisotopic (exact) mass is 312 g/mol. The van der Waals surface area contributed by atoms with E-state index in [4.69, 9.17) is 21.1 Å². The first-order valence-corrected chi connectivity index (χ1v) is 7.40. The van der Waals surface area contributed by atoms with E-state index in [1.54, 1.807) is 13.2 Å². The number of halogens is 1. The summed E-state index contributed by atoms with van der Waals surface area (Å²) in [6, 6.07) is 1.64. The van der Waals surface area contributed by atoms with Gasteiger partial charge >= 0.3 is 0 Å². The Hall–Kier alpha value is -1.30. The average Bonchev–Trinajstić information content (AvgIpc) is 2.53. The van der Waals surface area contributed by atoms with E-state index in [0.717, 1.165) is 51.0 Å². The molecule has 0 radical (unpaired) electrons. The first kappa shape index (κ1) is 16.1. The van der Waals surface area contributed by atoms with E-state index in [1.165, 1.54) is 7.11 Å². The van der Waals surface area contributed by atoms with Crippen molar-refractivity contribution in [1.29, 1.82) is 0 Å². The number of rotatable bonds is 6. The van der Waals surface area contributed by atoms with E-state index < -0.39 is 0 Å². The number of piperazine rings is 1. The molecule has 5 nitrogen and oxygen atoms in total. The van der Waals surface area contributed by atoms with Gasteiger partial charge in [0.05, 0.1) is 19.8 Å². The highest BCUT2D eigenvalue weighted by Crippen LogP contribution is 2.39. The van der Waals surface area contributed by atoms with Crippen molar-refractivity contribution in [3.05, 3.63) is 22.2 Å². The normalized spacial score (nSPS) is 15.8. The zero-order chi connectivity index (χ0) is 15.2. The zero-order valence-electron chi connectivity index (χ0n) is 12.4. The minimum Gasteiger partial charge on any atom is -0.492 e. The number of ether oxygens (including phenoxy) is 2. The molecular formula is C15H21ClN2O3. The van der Waals surface area contributed by atoms with Crippen LogP contribution in [0, 0.1) is 0 Å². The summed E-state index contributed by atoms with van der Waals surface area (Å²) in [5, 5.41) is 3.88. The quantitative estimate of drug-likeness (QED) is 0.809. The molecule has 0 unspecified atom stereocenters. The summed E-state index contributed by atoms with van der Waals surface area (Å²) in [5.41, 5.74) is 1.30. The summed E-state index contributed by atoms with van der Waals surface area (Å²) in [4.78, 5) is 13.5. The van der Waals surface area contributed by atoms with Crippen molar-refractivity contribution in [1.82, 2.24) is 10.2 Å². The molecule has 1 aromatic carbocycles. The van der Waals surface area contributed by atoms with Crippen LogP contribution in [-0.2, 0) is 6.42 Å². The van der Waals surface area contributed by atoms with Crippen LogP contribution in [0.25, 0.3) is 0 Å². The van der Waals surface area contributed by atoms with Gasteiger partial charge in [-0.15, -0.1) is 0 Å². The molecule has 1 N–H and O–H groups in total. The molecule has 0 spiro atoms. The molecule has 0 bridgehead atoms. The summed E-state index contributed by atoms with van der Waals surface area (Å²) in [6.45, 7) is 4.99. The van der Waals surface area contributed by atoms with Crippen molar-refractivity contribution in [2.75, 3.05) is 46.9 Å². The molecule has 2 rings (SSSR count). The lowest BCUT2D eigenvalue weighted by atomic mass is 10.1. The van der Waals surface area contributed by atoms with Crippen molar-refractivity contribution in [3.63, 3.8) is 0 Å². The molecule has 21 heavy (non-hydrogen) atoms. The van der Waals surface area contributed by atoms with E-state index >= 15 is 0 Å². The van der Waals surface area contributed by atoms with Crippen molar-refractivity contribution in [2.45, 2.75) is 6.42 Å². The van der Waals surface area contributed by atoms with Gasteiger partial charge in [-0.1, -0.05) is 11.6 Å². The number of carbonyl (C=O) groups excluding carboxylic acids is 1. The number of nitrogens with zero attached hydrogens (tertiary/aromatic N) is 1. The van der Waals surface area contributed by atoms with Gasteiger partial charge in [-0.3, -0.25) is 4.79 Å². The maximum absolute atomic E-state index is 11.1. The molecule has 1 aliphatic rings. The number of carbonyl (C=O) groups is 1. The number of hydrogen-bond donors (Lipinski definition) is 1. The Morgan fingerprint density at radius 1 is 1.29 bits per heavy atom. The van der Waals surface area contributed by atoms with E-state index in [2.05, 4.69) is 10.2 Å². The lowest BCUT2D eigenvalue weighted by Crippen LogP contribution is -2.44. The molecule has 0 saturated carbocycles. The molecule has 6 heteroatoms. The number of hydrogen-bond acceptors (Lipinski definition) is 5. The predicted octanol–water partition coefficient (Wildman–Crippen LogP) is 1.62. The minimum atomic E-state index is 0.408. The van der Waals surface area contributed by atoms with Crippen molar-refractivity contribution in [3.8, 4) is 11.5 Å². The number of benzene rings is 1. The van der Waals surface area contributed by atoms with Gasteiger partial charge in [0.1, 0.15) is 0 Å². The maximum Gasteiger partial charge on any atom is 0.171 e. The maximum atomic E-state index is 11.1. The van der Waals surface area contributed by atoms with Crippen molar-refractivity contribution in [2.24, 2.45) is 0 Å². The minimum absolute atomic E-state index is 0.408. The Morgan fingerprint density at radius 3 is 2.52 bits per heavy atom. The van der Waals surface area contributed by atoms with E-state index in [-0.39, 0.29) is 0 Å². The third kappa shape index (κ3) is 3.67. The largest absolute Gasteiger partial charge is 0.492 e. The lowest BCUT2D eigenvalue weighted by molar-refractivity contribution is 0.112. The molecular weight excluding hydrogens is 292 g/mol. The molecule has 0 amide bonds. The van der Waals surface area contributed by atoms with Crippen molar-refractivity contribution < 1.29 is 14.3 Å². The van der Waals surface area contributed by atoms with Crippen LogP contribution in [0.5, 0.6) is 11.5 Å². The molecule has 0 aliphatic carbocycles. The van der Waals surface area contributed by atoms with Crippen LogP contribution in [0.2, 0.25) is 5.02 Å². The molecule has 0 aromatic heterocycles. The van der Waals surface area contributed by atoms with Crippen LogP contribution < -0.4 is 14.8 Å². The highest BCUT2D eigenvalue weighted by molar-refractivity contribution is 6.32. The van der Waals surface area contributed by atoms with Crippen LogP contribution in [0.4, 0.5) is 0 Å². The Labute approximate surface area is 130 Å². The van der Waals surface area contributed by atoms with Gasteiger partial charge in [0.15, 0.2) is 17.8 Å². The van der Waals surface area contributed by atoms with Crippen LogP contribution in [0.3, 0.4) is 0 Å². The molecule has 116 valence electrons. The fourth-order valence-corrected chi connectivity index (χ4v) is 2.92. The summed E-state index contributed by atoms with van der Waals surface area (Å²) in [7, 11) is 3.09. The van der Waals surface area contributed by atoms with E-state index in [9.17, 15) is 4.79 Å². The third-order valence-electron chi connectivity index (χ3n) is 3.74. The second-order valence-electron chi connectivity index (χ2n) is 4.95. The predicted molar refractivity (Wildman–Crippen MR) is 83.0 cm³/mol. The first-order valence-electron chi connectivity index (χ1n) is 7.02. The standard InChI is InChI=1S/C15H21ClN2O3/c1-20-14-11(10-19)9-13(16)12(15(14)21-2)3-6-18-7-4-17-5-8-18/h9-10,17H,3-8H2,1-2H3. The van der Waals surface area contributed by atoms with Crippen LogP contribution >= 0.6 is 11.6 Å².